The van der Waals surface area contributed by atoms with Gasteiger partial charge in [-0.2, -0.15) is 4.57 Å². The number of thiazole rings is 1. The zero-order valence-corrected chi connectivity index (χ0v) is 21.8. The fourth-order valence-electron chi connectivity index (χ4n) is 4.84. The van der Waals surface area contributed by atoms with Crippen molar-refractivity contribution < 1.29 is 22.3 Å². The maximum atomic E-state index is 11.3. The molecule has 8 heteroatoms. The number of fused-ring (bicyclic) bond motifs is 4. The number of benzene rings is 4. The molecule has 0 N–H and O–H groups in total. The Kier molecular flexibility index (Phi) is 5.95. The van der Waals surface area contributed by atoms with Crippen molar-refractivity contribution in [2.75, 3.05) is 17.2 Å². The molecule has 0 saturated heterocycles. The van der Waals surface area contributed by atoms with Crippen molar-refractivity contribution >= 4 is 54.2 Å². The molecule has 0 unspecified atom stereocenters. The highest BCUT2D eigenvalue weighted by molar-refractivity contribution is 7.85. The van der Waals surface area contributed by atoms with Gasteiger partial charge in [-0.25, -0.2) is 8.42 Å². The monoisotopic (exact) mass is 528 g/mol. The number of anilines is 1. The first-order valence-electron chi connectivity index (χ1n) is 12.0. The second-order valence-electron chi connectivity index (χ2n) is 9.03. The highest BCUT2D eigenvalue weighted by Crippen LogP contribution is 2.42. The standard InChI is InChI=1S/C29H24N2O4S2/c1-30-28(36-26-15-13-21-10-5-6-11-23(21)29(26)30)19-27-31(16-7-17-37(32,33)34)24-18-22(12-14-25(24)35-27)20-8-3-2-4-9-20/h2-6,8-15,18-19H,7,16-17H2,1H3. The number of rotatable bonds is 6. The molecule has 6 rings (SSSR count). The fourth-order valence-corrected chi connectivity index (χ4v) is 6.41. The number of hydrogen-bond acceptors (Lipinski definition) is 6. The SMILES string of the molecule is C[n+]1c(C=C2Oc3ccc(-c4ccccc4)cc3N2CCCS(=O)(=O)[O-])sc2ccc3ccccc3c21. The van der Waals surface area contributed by atoms with E-state index in [1.165, 1.54) is 15.5 Å². The summed E-state index contributed by atoms with van der Waals surface area (Å²) in [6.07, 6.45) is 2.19. The van der Waals surface area contributed by atoms with Crippen molar-refractivity contribution in [2.45, 2.75) is 6.42 Å². The topological polar surface area (TPSA) is 73.5 Å². The zero-order valence-electron chi connectivity index (χ0n) is 20.1. The summed E-state index contributed by atoms with van der Waals surface area (Å²) >= 11 is 1.67. The number of aryl methyl sites for hydroxylation is 1. The Balaban J connectivity index is 1.43. The summed E-state index contributed by atoms with van der Waals surface area (Å²) in [5.74, 6) is 0.882. The summed E-state index contributed by atoms with van der Waals surface area (Å²) < 4.78 is 43.5. The van der Waals surface area contributed by atoms with Crippen LogP contribution in [0.2, 0.25) is 0 Å². The van der Waals surface area contributed by atoms with Gasteiger partial charge in [-0.1, -0.05) is 72.0 Å². The maximum absolute atomic E-state index is 11.3. The van der Waals surface area contributed by atoms with Gasteiger partial charge in [0.25, 0.3) is 5.01 Å². The van der Waals surface area contributed by atoms with E-state index in [9.17, 15) is 13.0 Å². The van der Waals surface area contributed by atoms with Gasteiger partial charge in [-0.15, -0.1) is 0 Å². The lowest BCUT2D eigenvalue weighted by Crippen LogP contribution is -2.30. The van der Waals surface area contributed by atoms with E-state index >= 15 is 0 Å². The average molecular weight is 529 g/mol. The Morgan fingerprint density at radius 2 is 1.76 bits per heavy atom. The van der Waals surface area contributed by atoms with E-state index < -0.39 is 15.9 Å². The first-order valence-corrected chi connectivity index (χ1v) is 14.4. The van der Waals surface area contributed by atoms with E-state index in [2.05, 4.69) is 34.9 Å². The van der Waals surface area contributed by atoms with E-state index in [1.807, 2.05) is 72.6 Å². The van der Waals surface area contributed by atoms with Gasteiger partial charge < -0.3 is 14.2 Å². The second-order valence-corrected chi connectivity index (χ2v) is 11.6. The minimum Gasteiger partial charge on any atom is -0.748 e. The van der Waals surface area contributed by atoms with Crippen LogP contribution in [-0.2, 0) is 17.2 Å². The molecule has 0 aliphatic carbocycles. The zero-order chi connectivity index (χ0) is 25.6. The van der Waals surface area contributed by atoms with Crippen LogP contribution in [0.15, 0.2) is 90.8 Å². The van der Waals surface area contributed by atoms with Gasteiger partial charge >= 0.3 is 0 Å². The molecule has 1 aliphatic rings. The van der Waals surface area contributed by atoms with Crippen LogP contribution >= 0.6 is 11.3 Å². The van der Waals surface area contributed by atoms with Crippen LogP contribution in [0.3, 0.4) is 0 Å². The molecule has 37 heavy (non-hydrogen) atoms. The van der Waals surface area contributed by atoms with Crippen molar-refractivity contribution in [1.29, 1.82) is 0 Å². The molecule has 0 amide bonds. The quantitative estimate of drug-likeness (QED) is 0.209. The van der Waals surface area contributed by atoms with Crippen LogP contribution in [0, 0.1) is 0 Å². The molecule has 0 atom stereocenters. The predicted molar refractivity (Wildman–Crippen MR) is 148 cm³/mol. The van der Waals surface area contributed by atoms with Gasteiger partial charge in [0, 0.05) is 12.3 Å². The second kappa shape index (κ2) is 9.30. The first-order chi connectivity index (χ1) is 17.9. The molecule has 0 bridgehead atoms. The smallest absolute Gasteiger partial charge is 0.267 e. The Bertz CT molecular complexity index is 1780. The predicted octanol–water partition coefficient (Wildman–Crippen LogP) is 5.68. The van der Waals surface area contributed by atoms with Gasteiger partial charge in [0.1, 0.15) is 11.7 Å². The van der Waals surface area contributed by atoms with E-state index in [0.717, 1.165) is 27.3 Å². The molecule has 0 saturated carbocycles. The Morgan fingerprint density at radius 3 is 2.57 bits per heavy atom. The first kappa shape index (κ1) is 23.7. The van der Waals surface area contributed by atoms with Crippen LogP contribution in [0.1, 0.15) is 11.4 Å². The summed E-state index contributed by atoms with van der Waals surface area (Å²) in [7, 11) is -2.26. The highest BCUT2D eigenvalue weighted by atomic mass is 32.2. The molecule has 5 aromatic rings. The molecule has 186 valence electrons. The van der Waals surface area contributed by atoms with Crippen molar-refractivity contribution in [3.8, 4) is 16.9 Å². The molecule has 0 spiro atoms. The molecule has 4 aromatic carbocycles. The van der Waals surface area contributed by atoms with Crippen LogP contribution in [0.25, 0.3) is 38.2 Å². The van der Waals surface area contributed by atoms with Crippen LogP contribution in [0.5, 0.6) is 5.75 Å². The summed E-state index contributed by atoms with van der Waals surface area (Å²) in [5, 5.41) is 3.36. The number of ether oxygens (including phenoxy) is 1. The Labute approximate surface area is 219 Å². The molecular formula is C29H24N2O4S2. The van der Waals surface area contributed by atoms with Crippen LogP contribution in [0.4, 0.5) is 5.69 Å². The Hall–Kier alpha value is -3.72. The fraction of sp³-hybridized carbons (Fsp3) is 0.138. The van der Waals surface area contributed by atoms with Gasteiger partial charge in [0.2, 0.25) is 11.4 Å². The van der Waals surface area contributed by atoms with Crippen LogP contribution < -0.4 is 14.2 Å². The minimum atomic E-state index is -4.30. The largest absolute Gasteiger partial charge is 0.748 e. The molecule has 2 heterocycles. The van der Waals surface area contributed by atoms with Gasteiger partial charge in [0.05, 0.1) is 27.3 Å². The van der Waals surface area contributed by atoms with Gasteiger partial charge in [-0.05, 0) is 47.2 Å². The van der Waals surface area contributed by atoms with E-state index in [4.69, 9.17) is 4.74 Å². The Morgan fingerprint density at radius 1 is 0.973 bits per heavy atom. The number of hydrogen-bond donors (Lipinski definition) is 0. The lowest BCUT2D eigenvalue weighted by atomic mass is 10.0. The van der Waals surface area contributed by atoms with Gasteiger partial charge in [-0.3, -0.25) is 0 Å². The third kappa shape index (κ3) is 4.59. The van der Waals surface area contributed by atoms with E-state index in [0.29, 0.717) is 18.2 Å². The molecule has 0 fully saturated rings. The van der Waals surface area contributed by atoms with Gasteiger partial charge in [0.15, 0.2) is 5.75 Å². The molecule has 0 radical (unpaired) electrons. The molecule has 6 nitrogen and oxygen atoms in total. The molecule has 1 aliphatic heterocycles. The maximum Gasteiger partial charge on any atom is 0.267 e. The van der Waals surface area contributed by atoms with Crippen molar-refractivity contribution in [3.05, 3.63) is 95.8 Å². The summed E-state index contributed by atoms with van der Waals surface area (Å²) in [4.78, 5) is 1.97. The molecular weight excluding hydrogens is 504 g/mol. The van der Waals surface area contributed by atoms with Crippen molar-refractivity contribution in [1.82, 2.24) is 0 Å². The third-order valence-corrected chi connectivity index (χ3v) is 8.54. The highest BCUT2D eigenvalue weighted by Gasteiger charge is 2.29. The summed E-state index contributed by atoms with van der Waals surface area (Å²) in [5.41, 5.74) is 4.11. The van der Waals surface area contributed by atoms with Crippen molar-refractivity contribution in [2.24, 2.45) is 7.05 Å². The lowest BCUT2D eigenvalue weighted by Gasteiger charge is -2.19. The number of nitrogens with zero attached hydrogens (tertiary/aromatic N) is 2. The van der Waals surface area contributed by atoms with E-state index in [-0.39, 0.29) is 6.42 Å². The van der Waals surface area contributed by atoms with Crippen LogP contribution in [-0.4, -0.2) is 25.3 Å². The minimum absolute atomic E-state index is 0.199. The summed E-state index contributed by atoms with van der Waals surface area (Å²) in [6, 6.07) is 28.7. The third-order valence-electron chi connectivity index (χ3n) is 6.60. The summed E-state index contributed by atoms with van der Waals surface area (Å²) in [6.45, 7) is 0.343. The normalized spacial score (nSPS) is 14.4. The molecule has 1 aromatic heterocycles. The number of aromatic nitrogens is 1. The average Bonchev–Trinajstić information content (AvgIpc) is 3.40. The van der Waals surface area contributed by atoms with E-state index in [1.54, 1.807) is 11.3 Å². The van der Waals surface area contributed by atoms with Crippen molar-refractivity contribution in [3.63, 3.8) is 0 Å². The lowest BCUT2D eigenvalue weighted by molar-refractivity contribution is -0.641.